The highest BCUT2D eigenvalue weighted by Gasteiger charge is 2.18. The molecule has 2 aromatic heterocycles. The first-order valence-electron chi connectivity index (χ1n) is 10.6. The van der Waals surface area contributed by atoms with Crippen molar-refractivity contribution in [3.8, 4) is 17.3 Å². The van der Waals surface area contributed by atoms with Crippen molar-refractivity contribution in [3.05, 3.63) is 83.6 Å². The van der Waals surface area contributed by atoms with Crippen molar-refractivity contribution in [2.45, 2.75) is 6.54 Å². The molecule has 0 atom stereocenters. The van der Waals surface area contributed by atoms with Crippen LogP contribution >= 0.6 is 0 Å². The Morgan fingerprint density at radius 1 is 1.03 bits per heavy atom. The fraction of sp³-hybridized carbons (Fsp3) is 0.200. The maximum Gasteiger partial charge on any atom is 0.158 e. The monoisotopic (exact) mass is 422 g/mol. The van der Waals surface area contributed by atoms with E-state index in [0.29, 0.717) is 25.3 Å². The van der Waals surface area contributed by atoms with E-state index >= 15 is 0 Å². The summed E-state index contributed by atoms with van der Waals surface area (Å²) in [6, 6.07) is 23.7. The predicted molar refractivity (Wildman–Crippen MR) is 124 cm³/mol. The van der Waals surface area contributed by atoms with Gasteiger partial charge in [0.1, 0.15) is 5.82 Å². The number of ether oxygens (including phenoxy) is 1. The fourth-order valence-electron chi connectivity index (χ4n) is 3.75. The number of hydrogen-bond donors (Lipinski definition) is 0. The van der Waals surface area contributed by atoms with Gasteiger partial charge in [0.2, 0.25) is 0 Å². The van der Waals surface area contributed by atoms with Gasteiger partial charge >= 0.3 is 0 Å². The average Bonchev–Trinajstić information content (AvgIpc) is 3.29. The second-order valence-corrected chi connectivity index (χ2v) is 7.57. The normalized spacial score (nSPS) is 14.2. The zero-order chi connectivity index (χ0) is 21.8. The van der Waals surface area contributed by atoms with Crippen LogP contribution in [0.4, 0.5) is 5.82 Å². The summed E-state index contributed by atoms with van der Waals surface area (Å²) in [5.74, 6) is 1.00. The van der Waals surface area contributed by atoms with E-state index in [0.717, 1.165) is 47.1 Å². The zero-order valence-corrected chi connectivity index (χ0v) is 17.6. The van der Waals surface area contributed by atoms with Crippen LogP contribution in [0.1, 0.15) is 16.8 Å². The summed E-state index contributed by atoms with van der Waals surface area (Å²) < 4.78 is 7.46. The molecule has 5 rings (SSSR count). The van der Waals surface area contributed by atoms with Gasteiger partial charge in [0.15, 0.2) is 5.65 Å². The van der Waals surface area contributed by atoms with Crippen LogP contribution in [0.2, 0.25) is 0 Å². The summed E-state index contributed by atoms with van der Waals surface area (Å²) in [6.45, 7) is 3.48. The van der Waals surface area contributed by atoms with Gasteiger partial charge in [-0.25, -0.2) is 4.98 Å². The Morgan fingerprint density at radius 3 is 2.56 bits per heavy atom. The molecule has 7 heteroatoms. The molecule has 0 N–H and O–H groups in total. The van der Waals surface area contributed by atoms with E-state index in [1.165, 1.54) is 0 Å². The molecule has 2 aromatic carbocycles. The molecule has 32 heavy (non-hydrogen) atoms. The Labute approximate surface area is 186 Å². The number of morpholine rings is 1. The molecule has 0 spiro atoms. The molecule has 1 saturated heterocycles. The molecule has 0 aliphatic carbocycles. The molecule has 3 heterocycles. The summed E-state index contributed by atoms with van der Waals surface area (Å²) in [6.07, 6.45) is 1.81. The van der Waals surface area contributed by atoms with Gasteiger partial charge in [-0.1, -0.05) is 42.5 Å². The van der Waals surface area contributed by atoms with Crippen molar-refractivity contribution in [3.63, 3.8) is 0 Å². The first-order chi connectivity index (χ1) is 15.8. The van der Waals surface area contributed by atoms with Crippen molar-refractivity contribution in [1.29, 1.82) is 5.26 Å². The Balaban J connectivity index is 1.48. The molecule has 0 unspecified atom stereocenters. The first kappa shape index (κ1) is 19.9. The van der Waals surface area contributed by atoms with E-state index in [-0.39, 0.29) is 0 Å². The second-order valence-electron chi connectivity index (χ2n) is 7.57. The number of aromatic nitrogens is 3. The van der Waals surface area contributed by atoms with Crippen LogP contribution in [-0.4, -0.2) is 47.1 Å². The smallest absolute Gasteiger partial charge is 0.158 e. The number of nitriles is 1. The topological polar surface area (TPSA) is 78.8 Å². The van der Waals surface area contributed by atoms with Crippen LogP contribution in [-0.2, 0) is 11.3 Å². The highest BCUT2D eigenvalue weighted by molar-refractivity contribution is 5.79. The summed E-state index contributed by atoms with van der Waals surface area (Å²) >= 11 is 0. The lowest BCUT2D eigenvalue weighted by Gasteiger charge is -2.29. The Bertz CT molecular complexity index is 1280. The molecule has 7 nitrogen and oxygen atoms in total. The third-order valence-corrected chi connectivity index (χ3v) is 5.40. The fourth-order valence-corrected chi connectivity index (χ4v) is 3.75. The van der Waals surface area contributed by atoms with Crippen molar-refractivity contribution in [2.24, 2.45) is 4.99 Å². The van der Waals surface area contributed by atoms with E-state index < -0.39 is 0 Å². The number of aliphatic imine (C=N–C) groups is 1. The molecule has 1 aliphatic heterocycles. The number of rotatable bonds is 5. The van der Waals surface area contributed by atoms with Crippen LogP contribution in [0.5, 0.6) is 0 Å². The number of nitrogens with zero attached hydrogens (tertiary/aromatic N) is 6. The van der Waals surface area contributed by atoms with E-state index in [9.17, 15) is 0 Å². The SMILES string of the molecule is N#Cc1ccc(C=NCc2cc(N3CCOCC3)n3nc(-c4ccccc4)cc3n2)cc1. The van der Waals surface area contributed by atoms with Crippen LogP contribution in [0.15, 0.2) is 71.7 Å². The minimum absolute atomic E-state index is 0.458. The first-order valence-corrected chi connectivity index (χ1v) is 10.6. The Morgan fingerprint density at radius 2 is 1.81 bits per heavy atom. The molecule has 0 amide bonds. The van der Waals surface area contributed by atoms with E-state index in [1.807, 2.05) is 47.1 Å². The van der Waals surface area contributed by atoms with Gasteiger partial charge in [0, 0.05) is 37.0 Å². The third-order valence-electron chi connectivity index (χ3n) is 5.40. The maximum absolute atomic E-state index is 8.94. The number of anilines is 1. The van der Waals surface area contributed by atoms with E-state index in [1.54, 1.807) is 12.1 Å². The van der Waals surface area contributed by atoms with Crippen molar-refractivity contribution < 1.29 is 4.74 Å². The standard InChI is InChI=1S/C25H22N6O/c26-16-19-6-8-20(9-7-19)17-27-18-22-14-25(30-10-12-32-13-11-30)31-24(28-22)15-23(29-31)21-4-2-1-3-5-21/h1-9,14-15,17H,10-13,18H2. The summed E-state index contributed by atoms with van der Waals surface area (Å²) in [7, 11) is 0. The Kier molecular flexibility index (Phi) is 5.60. The van der Waals surface area contributed by atoms with E-state index in [2.05, 4.69) is 34.2 Å². The Hall–Kier alpha value is -4.02. The summed E-state index contributed by atoms with van der Waals surface area (Å²) in [5.41, 5.74) is 5.23. The number of benzene rings is 2. The molecule has 158 valence electrons. The summed E-state index contributed by atoms with van der Waals surface area (Å²) in [4.78, 5) is 11.7. The second kappa shape index (κ2) is 9.00. The minimum Gasteiger partial charge on any atom is -0.378 e. The molecule has 0 saturated carbocycles. The highest BCUT2D eigenvalue weighted by atomic mass is 16.5. The van der Waals surface area contributed by atoms with Crippen LogP contribution in [0.3, 0.4) is 0 Å². The average molecular weight is 422 g/mol. The predicted octanol–water partition coefficient (Wildman–Crippen LogP) is 3.72. The van der Waals surface area contributed by atoms with Gasteiger partial charge in [-0.2, -0.15) is 14.9 Å². The molecule has 4 aromatic rings. The highest BCUT2D eigenvalue weighted by Crippen LogP contribution is 2.24. The van der Waals surface area contributed by atoms with Crippen LogP contribution in [0.25, 0.3) is 16.9 Å². The van der Waals surface area contributed by atoms with Gasteiger partial charge in [-0.15, -0.1) is 0 Å². The van der Waals surface area contributed by atoms with Crippen molar-refractivity contribution in [1.82, 2.24) is 14.6 Å². The van der Waals surface area contributed by atoms with Crippen LogP contribution < -0.4 is 4.90 Å². The molecule has 1 fully saturated rings. The lowest BCUT2D eigenvalue weighted by molar-refractivity contribution is 0.122. The van der Waals surface area contributed by atoms with Crippen molar-refractivity contribution >= 4 is 17.7 Å². The van der Waals surface area contributed by atoms with Gasteiger partial charge < -0.3 is 9.64 Å². The van der Waals surface area contributed by atoms with Crippen LogP contribution in [0, 0.1) is 11.3 Å². The number of fused-ring (bicyclic) bond motifs is 1. The van der Waals surface area contributed by atoms with Gasteiger partial charge in [0.05, 0.1) is 42.8 Å². The maximum atomic E-state index is 8.94. The van der Waals surface area contributed by atoms with E-state index in [4.69, 9.17) is 20.1 Å². The zero-order valence-electron chi connectivity index (χ0n) is 17.6. The minimum atomic E-state index is 0.458. The molecular weight excluding hydrogens is 400 g/mol. The molecule has 0 bridgehead atoms. The third kappa shape index (κ3) is 4.22. The summed E-state index contributed by atoms with van der Waals surface area (Å²) in [5, 5.41) is 13.8. The van der Waals surface area contributed by atoms with Crippen molar-refractivity contribution in [2.75, 3.05) is 31.2 Å². The molecule has 1 aliphatic rings. The molecular formula is C25H22N6O. The lowest BCUT2D eigenvalue weighted by atomic mass is 10.2. The van der Waals surface area contributed by atoms with Gasteiger partial charge in [0.25, 0.3) is 0 Å². The number of hydrogen-bond acceptors (Lipinski definition) is 6. The largest absolute Gasteiger partial charge is 0.378 e. The molecule has 0 radical (unpaired) electrons. The quantitative estimate of drug-likeness (QED) is 0.458. The lowest BCUT2D eigenvalue weighted by Crippen LogP contribution is -2.37. The van der Waals surface area contributed by atoms with Gasteiger partial charge in [-0.05, 0) is 17.7 Å². The van der Waals surface area contributed by atoms with Gasteiger partial charge in [-0.3, -0.25) is 4.99 Å².